The molecule has 4 rings (SSSR count). The van der Waals surface area contributed by atoms with Crippen molar-refractivity contribution in [2.24, 2.45) is 5.92 Å². The molecular formula is C27H30N2O4S. The van der Waals surface area contributed by atoms with Crippen molar-refractivity contribution in [1.29, 1.82) is 0 Å². The maximum atomic E-state index is 12.9. The monoisotopic (exact) mass is 478 g/mol. The standard InChI is InChI=1S/C27H30N2O4S/c1-19-8-11-26(20(2)16-19)34(32,33)28-23-9-10-25(24(18-23)27(30)31)29-14-12-22(13-15-29)17-21-6-4-3-5-7-21/h3-11,16,18,22,28H,12-15,17H2,1-2H3,(H,30,31). The number of aryl methyl sites for hydroxylation is 2. The van der Waals surface area contributed by atoms with Crippen LogP contribution in [0.2, 0.25) is 0 Å². The van der Waals surface area contributed by atoms with Crippen molar-refractivity contribution >= 4 is 27.4 Å². The van der Waals surface area contributed by atoms with Crippen LogP contribution in [0, 0.1) is 19.8 Å². The number of nitrogens with one attached hydrogen (secondary N) is 1. The summed E-state index contributed by atoms with van der Waals surface area (Å²) in [6, 6.07) is 20.3. The van der Waals surface area contributed by atoms with Gasteiger partial charge in [0.15, 0.2) is 0 Å². The van der Waals surface area contributed by atoms with Gasteiger partial charge in [0, 0.05) is 18.8 Å². The molecule has 1 fully saturated rings. The number of benzene rings is 3. The molecule has 0 radical (unpaired) electrons. The van der Waals surface area contributed by atoms with E-state index in [4.69, 9.17) is 0 Å². The molecule has 1 heterocycles. The predicted octanol–water partition coefficient (Wildman–Crippen LogP) is 5.26. The van der Waals surface area contributed by atoms with Crippen LogP contribution in [0.15, 0.2) is 71.6 Å². The molecule has 3 aromatic carbocycles. The molecule has 1 saturated heterocycles. The van der Waals surface area contributed by atoms with Crippen LogP contribution in [0.5, 0.6) is 0 Å². The molecule has 178 valence electrons. The number of aromatic carboxylic acids is 1. The highest BCUT2D eigenvalue weighted by Crippen LogP contribution is 2.31. The van der Waals surface area contributed by atoms with Gasteiger partial charge in [-0.05, 0) is 74.4 Å². The van der Waals surface area contributed by atoms with E-state index < -0.39 is 16.0 Å². The predicted molar refractivity (Wildman–Crippen MR) is 135 cm³/mol. The number of anilines is 2. The Morgan fingerprint density at radius 1 is 1.00 bits per heavy atom. The third kappa shape index (κ3) is 5.42. The van der Waals surface area contributed by atoms with Crippen LogP contribution in [0.1, 0.15) is 39.9 Å². The average Bonchev–Trinajstić information content (AvgIpc) is 2.80. The smallest absolute Gasteiger partial charge is 0.337 e. The van der Waals surface area contributed by atoms with Crippen LogP contribution in [-0.2, 0) is 16.4 Å². The lowest BCUT2D eigenvalue weighted by Crippen LogP contribution is -2.35. The fraction of sp³-hybridized carbons (Fsp3) is 0.296. The van der Waals surface area contributed by atoms with Crippen molar-refractivity contribution in [2.45, 2.75) is 38.0 Å². The summed E-state index contributed by atoms with van der Waals surface area (Å²) in [6.07, 6.45) is 2.99. The molecule has 0 unspecified atom stereocenters. The Morgan fingerprint density at radius 3 is 2.35 bits per heavy atom. The number of rotatable bonds is 7. The van der Waals surface area contributed by atoms with E-state index in [1.54, 1.807) is 31.2 Å². The molecule has 0 atom stereocenters. The molecular weight excluding hydrogens is 448 g/mol. The molecule has 0 aliphatic carbocycles. The van der Waals surface area contributed by atoms with Crippen molar-refractivity contribution < 1.29 is 18.3 Å². The third-order valence-electron chi connectivity index (χ3n) is 6.42. The molecule has 2 N–H and O–H groups in total. The van der Waals surface area contributed by atoms with Gasteiger partial charge in [0.1, 0.15) is 0 Å². The Balaban J connectivity index is 1.49. The zero-order chi connectivity index (χ0) is 24.3. The van der Waals surface area contributed by atoms with Crippen LogP contribution < -0.4 is 9.62 Å². The first kappa shape index (κ1) is 23.8. The summed E-state index contributed by atoms with van der Waals surface area (Å²) in [6.45, 7) is 5.19. The van der Waals surface area contributed by atoms with E-state index in [-0.39, 0.29) is 16.1 Å². The summed E-state index contributed by atoms with van der Waals surface area (Å²) in [4.78, 5) is 14.3. The molecule has 0 saturated carbocycles. The number of sulfonamides is 1. The van der Waals surface area contributed by atoms with Crippen LogP contribution >= 0.6 is 0 Å². The number of nitrogens with zero attached hydrogens (tertiary/aromatic N) is 1. The first-order valence-corrected chi connectivity index (χ1v) is 13.0. The SMILES string of the molecule is Cc1ccc(S(=O)(=O)Nc2ccc(N3CCC(Cc4ccccc4)CC3)c(C(=O)O)c2)c(C)c1. The Labute approximate surface area is 201 Å². The molecule has 1 aliphatic rings. The van der Waals surface area contributed by atoms with Crippen LogP contribution in [0.3, 0.4) is 0 Å². The van der Waals surface area contributed by atoms with E-state index in [9.17, 15) is 18.3 Å². The second-order valence-electron chi connectivity index (χ2n) is 9.03. The zero-order valence-electron chi connectivity index (χ0n) is 19.5. The highest BCUT2D eigenvalue weighted by molar-refractivity contribution is 7.92. The van der Waals surface area contributed by atoms with Crippen molar-refractivity contribution in [1.82, 2.24) is 0 Å². The second kappa shape index (κ2) is 9.89. The van der Waals surface area contributed by atoms with Gasteiger partial charge < -0.3 is 10.0 Å². The fourth-order valence-corrected chi connectivity index (χ4v) is 5.96. The first-order valence-electron chi connectivity index (χ1n) is 11.5. The van der Waals surface area contributed by atoms with Crippen LogP contribution in [-0.4, -0.2) is 32.6 Å². The van der Waals surface area contributed by atoms with E-state index in [0.29, 0.717) is 17.2 Å². The van der Waals surface area contributed by atoms with Crippen molar-refractivity contribution in [3.8, 4) is 0 Å². The lowest BCUT2D eigenvalue weighted by Gasteiger charge is -2.34. The van der Waals surface area contributed by atoms with Gasteiger partial charge in [-0.25, -0.2) is 13.2 Å². The lowest BCUT2D eigenvalue weighted by atomic mass is 9.90. The largest absolute Gasteiger partial charge is 0.478 e. The molecule has 0 amide bonds. The quantitative estimate of drug-likeness (QED) is 0.484. The molecule has 1 aliphatic heterocycles. The van der Waals surface area contributed by atoms with Gasteiger partial charge in [0.25, 0.3) is 10.0 Å². The molecule has 7 heteroatoms. The molecule has 6 nitrogen and oxygen atoms in total. The molecule has 0 aromatic heterocycles. The Bertz CT molecular complexity index is 1280. The van der Waals surface area contributed by atoms with Gasteiger partial charge in [-0.2, -0.15) is 0 Å². The number of hydrogen-bond donors (Lipinski definition) is 2. The van der Waals surface area contributed by atoms with Crippen molar-refractivity contribution in [3.05, 3.63) is 89.0 Å². The highest BCUT2D eigenvalue weighted by Gasteiger charge is 2.24. The minimum atomic E-state index is -3.83. The summed E-state index contributed by atoms with van der Waals surface area (Å²) in [5, 5.41) is 9.85. The van der Waals surface area contributed by atoms with Gasteiger partial charge in [0.05, 0.1) is 16.1 Å². The van der Waals surface area contributed by atoms with Crippen LogP contribution in [0.4, 0.5) is 11.4 Å². The van der Waals surface area contributed by atoms with Gasteiger partial charge in [-0.3, -0.25) is 4.72 Å². The maximum absolute atomic E-state index is 12.9. The first-order chi connectivity index (χ1) is 16.2. The van der Waals surface area contributed by atoms with Gasteiger partial charge in [-0.1, -0.05) is 48.0 Å². The van der Waals surface area contributed by atoms with E-state index in [0.717, 1.165) is 37.9 Å². The molecule has 0 bridgehead atoms. The highest BCUT2D eigenvalue weighted by atomic mass is 32.2. The maximum Gasteiger partial charge on any atom is 0.337 e. The molecule has 0 spiro atoms. The summed E-state index contributed by atoms with van der Waals surface area (Å²) < 4.78 is 28.4. The lowest BCUT2D eigenvalue weighted by molar-refractivity contribution is 0.0697. The number of piperidine rings is 1. The number of carboxylic acids is 1. The van der Waals surface area contributed by atoms with Gasteiger partial charge >= 0.3 is 5.97 Å². The van der Waals surface area contributed by atoms with E-state index in [1.165, 1.54) is 11.6 Å². The average molecular weight is 479 g/mol. The normalized spacial score (nSPS) is 14.7. The number of hydrogen-bond acceptors (Lipinski definition) is 4. The molecule has 3 aromatic rings. The third-order valence-corrected chi connectivity index (χ3v) is 7.96. The van der Waals surface area contributed by atoms with E-state index >= 15 is 0 Å². The Hall–Kier alpha value is -3.32. The minimum Gasteiger partial charge on any atom is -0.478 e. The van der Waals surface area contributed by atoms with Crippen LogP contribution in [0.25, 0.3) is 0 Å². The minimum absolute atomic E-state index is 0.0994. The summed E-state index contributed by atoms with van der Waals surface area (Å²) in [7, 11) is -3.83. The van der Waals surface area contributed by atoms with Crippen molar-refractivity contribution in [2.75, 3.05) is 22.7 Å². The van der Waals surface area contributed by atoms with E-state index in [1.807, 2.05) is 19.1 Å². The van der Waals surface area contributed by atoms with E-state index in [2.05, 4.69) is 33.9 Å². The van der Waals surface area contributed by atoms with Gasteiger partial charge in [-0.15, -0.1) is 0 Å². The number of carbonyl (C=O) groups is 1. The topological polar surface area (TPSA) is 86.7 Å². The summed E-state index contributed by atoms with van der Waals surface area (Å²) in [5.41, 5.74) is 3.90. The van der Waals surface area contributed by atoms with Crippen molar-refractivity contribution in [3.63, 3.8) is 0 Å². The summed E-state index contributed by atoms with van der Waals surface area (Å²) >= 11 is 0. The molecule has 34 heavy (non-hydrogen) atoms. The Morgan fingerprint density at radius 2 is 1.71 bits per heavy atom. The Kier molecular flexibility index (Phi) is 6.93. The second-order valence-corrected chi connectivity index (χ2v) is 10.7. The summed E-state index contributed by atoms with van der Waals surface area (Å²) in [5.74, 6) is -0.510. The van der Waals surface area contributed by atoms with Gasteiger partial charge in [0.2, 0.25) is 0 Å². The fourth-order valence-electron chi connectivity index (χ4n) is 4.68. The number of carboxylic acid groups (broad SMARTS) is 1. The zero-order valence-corrected chi connectivity index (χ0v) is 20.3.